The van der Waals surface area contributed by atoms with Gasteiger partial charge in [-0.2, -0.15) is 0 Å². The highest BCUT2D eigenvalue weighted by Crippen LogP contribution is 2.35. The van der Waals surface area contributed by atoms with E-state index in [4.69, 9.17) is 15.2 Å². The lowest BCUT2D eigenvalue weighted by Gasteiger charge is -2.05. The van der Waals surface area contributed by atoms with Crippen LogP contribution in [-0.2, 0) is 0 Å². The highest BCUT2D eigenvalue weighted by Gasteiger charge is 2.18. The van der Waals surface area contributed by atoms with E-state index in [1.807, 2.05) is 24.3 Å². The fraction of sp³-hybridized carbons (Fsp3) is 0.100. The molecule has 0 aliphatic heterocycles. The van der Waals surface area contributed by atoms with Gasteiger partial charge in [-0.1, -0.05) is 0 Å². The van der Waals surface area contributed by atoms with Crippen LogP contribution in [0, 0.1) is 0 Å². The van der Waals surface area contributed by atoms with Crippen LogP contribution in [0.15, 0.2) is 48.5 Å². The van der Waals surface area contributed by atoms with E-state index in [0.717, 1.165) is 27.8 Å². The first kappa shape index (κ1) is 17.1. The first-order chi connectivity index (χ1) is 13.1. The Bertz CT molecular complexity index is 1150. The minimum Gasteiger partial charge on any atom is -0.497 e. The Balaban J connectivity index is 1.71. The largest absolute Gasteiger partial charge is 0.497 e. The van der Waals surface area contributed by atoms with Gasteiger partial charge in [0.1, 0.15) is 21.2 Å². The monoisotopic (exact) mass is 379 g/mol. The topological polar surface area (TPSA) is 86.5 Å². The minimum absolute atomic E-state index is 0.262. The van der Waals surface area contributed by atoms with Gasteiger partial charge in [-0.05, 0) is 42.5 Å². The fourth-order valence-corrected chi connectivity index (χ4v) is 3.81. The molecule has 1 amide bonds. The summed E-state index contributed by atoms with van der Waals surface area (Å²) in [6, 6.07) is 14.7. The number of carbonyl (C=O) groups is 1. The Hall–Kier alpha value is -3.32. The van der Waals surface area contributed by atoms with Gasteiger partial charge < -0.3 is 20.5 Å². The van der Waals surface area contributed by atoms with Crippen LogP contribution in [0.1, 0.15) is 9.67 Å². The summed E-state index contributed by atoms with van der Waals surface area (Å²) in [6.07, 6.45) is 0. The third-order valence-electron chi connectivity index (χ3n) is 4.28. The molecule has 0 unspecified atom stereocenters. The number of benzene rings is 2. The number of thiophene rings is 1. The summed E-state index contributed by atoms with van der Waals surface area (Å²) in [6.45, 7) is 0. The second kappa shape index (κ2) is 6.77. The van der Waals surface area contributed by atoms with Gasteiger partial charge in [0.25, 0.3) is 5.91 Å². The van der Waals surface area contributed by atoms with E-state index in [2.05, 4.69) is 10.3 Å². The van der Waals surface area contributed by atoms with E-state index in [9.17, 15) is 4.79 Å². The first-order valence-electron chi connectivity index (χ1n) is 8.21. The molecule has 0 fully saturated rings. The number of hydrogen-bond donors (Lipinski definition) is 2. The Morgan fingerprint density at radius 2 is 1.74 bits per heavy atom. The van der Waals surface area contributed by atoms with E-state index < -0.39 is 0 Å². The molecule has 6 nitrogen and oxygen atoms in total. The van der Waals surface area contributed by atoms with Crippen LogP contribution < -0.4 is 20.5 Å². The molecule has 0 spiro atoms. The number of rotatable bonds is 4. The lowest BCUT2D eigenvalue weighted by atomic mass is 10.1. The fourth-order valence-electron chi connectivity index (χ4n) is 2.83. The van der Waals surface area contributed by atoms with Crippen molar-refractivity contribution in [3.63, 3.8) is 0 Å². The summed E-state index contributed by atoms with van der Waals surface area (Å²) in [4.78, 5) is 18.5. The van der Waals surface area contributed by atoms with Crippen molar-refractivity contribution in [3.8, 4) is 11.5 Å². The van der Waals surface area contributed by atoms with Crippen molar-refractivity contribution in [3.05, 3.63) is 53.4 Å². The van der Waals surface area contributed by atoms with Crippen molar-refractivity contribution < 1.29 is 14.3 Å². The molecule has 3 N–H and O–H groups in total. The predicted octanol–water partition coefficient (Wildman–Crippen LogP) is 4.30. The number of amides is 1. The van der Waals surface area contributed by atoms with Gasteiger partial charge in [-0.15, -0.1) is 11.3 Å². The summed E-state index contributed by atoms with van der Waals surface area (Å²) in [5.41, 5.74) is 8.15. The molecule has 0 atom stereocenters. The zero-order valence-corrected chi connectivity index (χ0v) is 15.6. The van der Waals surface area contributed by atoms with Gasteiger partial charge in [0.2, 0.25) is 0 Å². The van der Waals surface area contributed by atoms with Gasteiger partial charge in [-0.3, -0.25) is 4.79 Å². The molecule has 0 bridgehead atoms. The lowest BCUT2D eigenvalue weighted by Crippen LogP contribution is -2.11. The van der Waals surface area contributed by atoms with Crippen molar-refractivity contribution in [2.24, 2.45) is 0 Å². The van der Waals surface area contributed by atoms with Crippen LogP contribution >= 0.6 is 11.3 Å². The number of ether oxygens (including phenoxy) is 2. The molecule has 0 aliphatic rings. The molecule has 0 aliphatic carbocycles. The summed E-state index contributed by atoms with van der Waals surface area (Å²) in [5.74, 6) is 1.19. The van der Waals surface area contributed by atoms with Crippen molar-refractivity contribution in [2.75, 3.05) is 25.3 Å². The molecular weight excluding hydrogens is 362 g/mol. The lowest BCUT2D eigenvalue weighted by molar-refractivity contribution is 0.103. The quantitative estimate of drug-likeness (QED) is 0.552. The number of fused-ring (bicyclic) bond motifs is 2. The maximum atomic E-state index is 12.7. The SMILES string of the molecule is COc1ccc(NC(=O)c2sc3nc4cc(OC)ccc4cc3c2N)cc1. The molecule has 0 radical (unpaired) electrons. The van der Waals surface area contributed by atoms with Crippen molar-refractivity contribution in [1.82, 2.24) is 4.98 Å². The predicted molar refractivity (Wildman–Crippen MR) is 109 cm³/mol. The second-order valence-corrected chi connectivity index (χ2v) is 6.93. The molecule has 27 heavy (non-hydrogen) atoms. The van der Waals surface area contributed by atoms with Gasteiger partial charge >= 0.3 is 0 Å². The third kappa shape index (κ3) is 3.13. The van der Waals surface area contributed by atoms with E-state index >= 15 is 0 Å². The van der Waals surface area contributed by atoms with Crippen LogP contribution in [0.3, 0.4) is 0 Å². The molecule has 136 valence electrons. The number of nitrogens with zero attached hydrogens (tertiary/aromatic N) is 1. The molecule has 4 rings (SSSR count). The maximum absolute atomic E-state index is 12.7. The smallest absolute Gasteiger partial charge is 0.267 e. The zero-order chi connectivity index (χ0) is 19.0. The number of pyridine rings is 1. The average molecular weight is 379 g/mol. The molecule has 0 saturated carbocycles. The van der Waals surface area contributed by atoms with E-state index in [0.29, 0.717) is 21.1 Å². The number of nitrogens with one attached hydrogen (secondary N) is 1. The summed E-state index contributed by atoms with van der Waals surface area (Å²) < 4.78 is 10.4. The Morgan fingerprint density at radius 1 is 1.04 bits per heavy atom. The molecule has 4 aromatic rings. The van der Waals surface area contributed by atoms with E-state index in [-0.39, 0.29) is 5.91 Å². The zero-order valence-electron chi connectivity index (χ0n) is 14.8. The molecule has 7 heteroatoms. The summed E-state index contributed by atoms with van der Waals surface area (Å²) in [5, 5.41) is 4.57. The van der Waals surface area contributed by atoms with E-state index in [1.165, 1.54) is 11.3 Å². The third-order valence-corrected chi connectivity index (χ3v) is 5.39. The van der Waals surface area contributed by atoms with Gasteiger partial charge in [-0.25, -0.2) is 4.98 Å². The van der Waals surface area contributed by atoms with Crippen LogP contribution in [-0.4, -0.2) is 25.1 Å². The minimum atomic E-state index is -0.262. The molecule has 2 aromatic carbocycles. The number of nitrogen functional groups attached to an aromatic ring is 1. The molecule has 2 aromatic heterocycles. The maximum Gasteiger partial charge on any atom is 0.267 e. The first-order valence-corrected chi connectivity index (χ1v) is 9.03. The number of anilines is 2. The van der Waals surface area contributed by atoms with Crippen LogP contribution in [0.2, 0.25) is 0 Å². The van der Waals surface area contributed by atoms with Crippen LogP contribution in [0.25, 0.3) is 21.1 Å². The standard InChI is InChI=1S/C20H17N3O3S/c1-25-13-7-4-12(5-8-13)22-19(24)18-17(21)15-9-11-3-6-14(26-2)10-16(11)23-20(15)27-18/h3-10H,21H2,1-2H3,(H,22,24). The number of carbonyl (C=O) groups excluding carboxylic acids is 1. The highest BCUT2D eigenvalue weighted by atomic mass is 32.1. The number of methoxy groups -OCH3 is 2. The number of hydrogen-bond acceptors (Lipinski definition) is 6. The van der Waals surface area contributed by atoms with Crippen molar-refractivity contribution in [2.45, 2.75) is 0 Å². The molecule has 0 saturated heterocycles. The molecular formula is C20H17N3O3S. The summed E-state index contributed by atoms with van der Waals surface area (Å²) >= 11 is 1.27. The second-order valence-electron chi connectivity index (χ2n) is 5.93. The van der Waals surface area contributed by atoms with Crippen LogP contribution in [0.5, 0.6) is 11.5 Å². The Kier molecular flexibility index (Phi) is 4.29. The van der Waals surface area contributed by atoms with Crippen LogP contribution in [0.4, 0.5) is 11.4 Å². The Morgan fingerprint density at radius 3 is 2.44 bits per heavy atom. The molecule has 2 heterocycles. The number of nitrogens with two attached hydrogens (primary N) is 1. The van der Waals surface area contributed by atoms with Gasteiger partial charge in [0, 0.05) is 22.5 Å². The Labute approximate surface area is 159 Å². The van der Waals surface area contributed by atoms with E-state index in [1.54, 1.807) is 38.5 Å². The highest BCUT2D eigenvalue weighted by molar-refractivity contribution is 7.21. The summed E-state index contributed by atoms with van der Waals surface area (Å²) in [7, 11) is 3.21. The van der Waals surface area contributed by atoms with Crippen molar-refractivity contribution >= 4 is 49.7 Å². The van der Waals surface area contributed by atoms with Gasteiger partial charge in [0.15, 0.2) is 0 Å². The number of aromatic nitrogens is 1. The van der Waals surface area contributed by atoms with Crippen molar-refractivity contribution in [1.29, 1.82) is 0 Å². The normalized spacial score (nSPS) is 10.9. The van der Waals surface area contributed by atoms with Gasteiger partial charge in [0.05, 0.1) is 25.4 Å². The average Bonchev–Trinajstić information content (AvgIpc) is 3.02.